The van der Waals surface area contributed by atoms with Crippen LogP contribution in [0.15, 0.2) is 54.6 Å². The van der Waals surface area contributed by atoms with Crippen LogP contribution in [0.2, 0.25) is 10.2 Å². The maximum absolute atomic E-state index is 12.4. The Morgan fingerprint density at radius 1 is 1.07 bits per heavy atom. The minimum absolute atomic E-state index is 0.124. The van der Waals surface area contributed by atoms with E-state index in [1.165, 1.54) is 4.68 Å². The minimum atomic E-state index is -0.716. The van der Waals surface area contributed by atoms with Crippen molar-refractivity contribution >= 4 is 35.1 Å². The van der Waals surface area contributed by atoms with Crippen LogP contribution in [0.5, 0.6) is 5.75 Å². The van der Waals surface area contributed by atoms with Gasteiger partial charge >= 0.3 is 5.97 Å². The first-order chi connectivity index (χ1) is 14.5. The molecule has 7 nitrogen and oxygen atoms in total. The Labute approximate surface area is 183 Å². The molecule has 0 saturated carbocycles. The number of carbonyl (C=O) groups excluding carboxylic acids is 2. The third kappa shape index (κ3) is 5.52. The van der Waals surface area contributed by atoms with E-state index in [0.717, 1.165) is 0 Å². The number of nitrogens with zero attached hydrogens (tertiary/aromatic N) is 2. The predicted molar refractivity (Wildman–Crippen MR) is 114 cm³/mol. The Bertz CT molecular complexity index is 1020. The first kappa shape index (κ1) is 21.7. The van der Waals surface area contributed by atoms with E-state index in [0.29, 0.717) is 22.2 Å². The summed E-state index contributed by atoms with van der Waals surface area (Å²) in [5.74, 6) is -0.528. The van der Waals surface area contributed by atoms with Crippen LogP contribution in [0.3, 0.4) is 0 Å². The molecule has 0 atom stereocenters. The van der Waals surface area contributed by atoms with Crippen molar-refractivity contribution in [3.05, 3.63) is 76.0 Å². The van der Waals surface area contributed by atoms with Crippen molar-refractivity contribution in [1.29, 1.82) is 0 Å². The number of para-hydroxylation sites is 1. The van der Waals surface area contributed by atoms with Gasteiger partial charge in [-0.3, -0.25) is 4.79 Å². The molecule has 0 aliphatic heterocycles. The molecule has 1 heterocycles. The molecule has 156 valence electrons. The van der Waals surface area contributed by atoms with Crippen LogP contribution in [0, 0.1) is 6.92 Å². The summed E-state index contributed by atoms with van der Waals surface area (Å²) in [6.45, 7) is 1.73. The molecule has 30 heavy (non-hydrogen) atoms. The highest BCUT2D eigenvalue weighted by Crippen LogP contribution is 2.24. The normalized spacial score (nSPS) is 10.5. The SMILES string of the molecule is Cc1nn(-c2ccccc2)c(Cl)c1C(=O)OCC(=O)NCCOc1ccc(Cl)cc1. The van der Waals surface area contributed by atoms with Gasteiger partial charge in [0, 0.05) is 5.02 Å². The summed E-state index contributed by atoms with van der Waals surface area (Å²) < 4.78 is 12.0. The second-order valence-corrected chi connectivity index (χ2v) is 7.02. The smallest absolute Gasteiger partial charge is 0.343 e. The summed E-state index contributed by atoms with van der Waals surface area (Å²) in [7, 11) is 0. The van der Waals surface area contributed by atoms with Crippen molar-refractivity contribution in [2.45, 2.75) is 6.92 Å². The van der Waals surface area contributed by atoms with Crippen LogP contribution in [0.1, 0.15) is 16.1 Å². The predicted octanol–water partition coefficient (Wildman–Crippen LogP) is 3.84. The number of amides is 1. The fourth-order valence-electron chi connectivity index (χ4n) is 2.62. The molecule has 1 amide bonds. The van der Waals surface area contributed by atoms with Gasteiger partial charge in [-0.05, 0) is 43.3 Å². The average molecular weight is 448 g/mol. The highest BCUT2D eigenvalue weighted by atomic mass is 35.5. The highest BCUT2D eigenvalue weighted by molar-refractivity contribution is 6.33. The third-order valence-electron chi connectivity index (χ3n) is 4.05. The molecule has 9 heteroatoms. The fraction of sp³-hybridized carbons (Fsp3) is 0.190. The van der Waals surface area contributed by atoms with E-state index < -0.39 is 18.5 Å². The highest BCUT2D eigenvalue weighted by Gasteiger charge is 2.23. The quantitative estimate of drug-likeness (QED) is 0.418. The van der Waals surface area contributed by atoms with Crippen LogP contribution < -0.4 is 10.1 Å². The lowest BCUT2D eigenvalue weighted by Gasteiger charge is -2.08. The molecule has 0 radical (unpaired) electrons. The number of aryl methyl sites for hydroxylation is 1. The van der Waals surface area contributed by atoms with E-state index >= 15 is 0 Å². The van der Waals surface area contributed by atoms with Gasteiger partial charge in [0.05, 0.1) is 17.9 Å². The van der Waals surface area contributed by atoms with E-state index in [9.17, 15) is 9.59 Å². The Balaban J connectivity index is 1.47. The zero-order valence-electron chi connectivity index (χ0n) is 16.1. The van der Waals surface area contributed by atoms with Crippen molar-refractivity contribution in [3.63, 3.8) is 0 Å². The van der Waals surface area contributed by atoms with Crippen molar-refractivity contribution < 1.29 is 19.1 Å². The van der Waals surface area contributed by atoms with E-state index in [-0.39, 0.29) is 23.9 Å². The number of rotatable bonds is 8. The number of nitrogens with one attached hydrogen (secondary N) is 1. The summed E-state index contributed by atoms with van der Waals surface area (Å²) in [5.41, 5.74) is 1.24. The minimum Gasteiger partial charge on any atom is -0.492 e. The Morgan fingerprint density at radius 3 is 2.47 bits per heavy atom. The van der Waals surface area contributed by atoms with Gasteiger partial charge in [-0.15, -0.1) is 0 Å². The first-order valence-electron chi connectivity index (χ1n) is 9.08. The van der Waals surface area contributed by atoms with Crippen LogP contribution in [-0.4, -0.2) is 41.4 Å². The second-order valence-electron chi connectivity index (χ2n) is 6.23. The lowest BCUT2D eigenvalue weighted by atomic mass is 10.2. The van der Waals surface area contributed by atoms with Gasteiger partial charge in [-0.25, -0.2) is 9.48 Å². The zero-order chi connectivity index (χ0) is 21.5. The Kier molecular flexibility index (Phi) is 7.32. The van der Waals surface area contributed by atoms with Crippen LogP contribution in [0.25, 0.3) is 5.69 Å². The summed E-state index contributed by atoms with van der Waals surface area (Å²) in [6.07, 6.45) is 0. The van der Waals surface area contributed by atoms with E-state index in [1.807, 2.05) is 30.3 Å². The molecule has 0 unspecified atom stereocenters. The molecule has 0 aliphatic rings. The standard InChI is InChI=1S/C21H19Cl2N3O4/c1-14-19(20(23)26(25-14)16-5-3-2-4-6-16)21(28)30-13-18(27)24-11-12-29-17-9-7-15(22)8-10-17/h2-10H,11-13H2,1H3,(H,24,27). The van der Waals surface area contributed by atoms with Gasteiger partial charge in [0.2, 0.25) is 0 Å². The molecule has 2 aromatic carbocycles. The number of hydrogen-bond acceptors (Lipinski definition) is 5. The first-order valence-corrected chi connectivity index (χ1v) is 9.84. The summed E-state index contributed by atoms with van der Waals surface area (Å²) >= 11 is 12.1. The van der Waals surface area contributed by atoms with Crippen LogP contribution in [0.4, 0.5) is 0 Å². The molecule has 0 bridgehead atoms. The molecule has 0 saturated heterocycles. The van der Waals surface area contributed by atoms with Crippen LogP contribution in [-0.2, 0) is 9.53 Å². The average Bonchev–Trinajstić information content (AvgIpc) is 3.05. The van der Waals surface area contributed by atoms with Crippen molar-refractivity contribution in [3.8, 4) is 11.4 Å². The van der Waals surface area contributed by atoms with Crippen LogP contribution >= 0.6 is 23.2 Å². The molecule has 3 rings (SSSR count). The summed E-state index contributed by atoms with van der Waals surface area (Å²) in [6, 6.07) is 16.0. The number of hydrogen-bond donors (Lipinski definition) is 1. The summed E-state index contributed by atoms with van der Waals surface area (Å²) in [4.78, 5) is 24.3. The van der Waals surface area contributed by atoms with Gasteiger partial charge in [-0.2, -0.15) is 5.10 Å². The lowest BCUT2D eigenvalue weighted by Crippen LogP contribution is -2.32. The molecular weight excluding hydrogens is 429 g/mol. The molecular formula is C21H19Cl2N3O4. The number of benzene rings is 2. The number of halogens is 2. The molecule has 3 aromatic rings. The third-order valence-corrected chi connectivity index (χ3v) is 4.65. The van der Waals surface area contributed by atoms with E-state index in [2.05, 4.69) is 10.4 Å². The van der Waals surface area contributed by atoms with E-state index in [4.69, 9.17) is 32.7 Å². The maximum Gasteiger partial charge on any atom is 0.343 e. The van der Waals surface area contributed by atoms with E-state index in [1.54, 1.807) is 31.2 Å². The molecule has 1 N–H and O–H groups in total. The van der Waals surface area contributed by atoms with Gasteiger partial charge in [0.15, 0.2) is 6.61 Å². The van der Waals surface area contributed by atoms with Crippen molar-refractivity contribution in [2.24, 2.45) is 0 Å². The Hall–Kier alpha value is -3.03. The topological polar surface area (TPSA) is 82.5 Å². The number of ether oxygens (including phenoxy) is 2. The number of esters is 1. The van der Waals surface area contributed by atoms with Gasteiger partial charge in [-0.1, -0.05) is 41.4 Å². The largest absolute Gasteiger partial charge is 0.492 e. The second kappa shape index (κ2) is 10.1. The molecule has 1 aromatic heterocycles. The number of aromatic nitrogens is 2. The fourth-order valence-corrected chi connectivity index (χ4v) is 3.09. The maximum atomic E-state index is 12.4. The number of carbonyl (C=O) groups is 2. The lowest BCUT2D eigenvalue weighted by molar-refractivity contribution is -0.124. The molecule has 0 spiro atoms. The van der Waals surface area contributed by atoms with Crippen molar-refractivity contribution in [1.82, 2.24) is 15.1 Å². The monoisotopic (exact) mass is 447 g/mol. The summed E-state index contributed by atoms with van der Waals surface area (Å²) in [5, 5.41) is 7.63. The molecule has 0 aliphatic carbocycles. The van der Waals surface area contributed by atoms with Gasteiger partial charge in [0.1, 0.15) is 23.1 Å². The zero-order valence-corrected chi connectivity index (χ0v) is 17.6. The Morgan fingerprint density at radius 2 is 1.77 bits per heavy atom. The van der Waals surface area contributed by atoms with Gasteiger partial charge in [0.25, 0.3) is 5.91 Å². The van der Waals surface area contributed by atoms with Crippen molar-refractivity contribution in [2.75, 3.05) is 19.8 Å². The van der Waals surface area contributed by atoms with Gasteiger partial charge < -0.3 is 14.8 Å². The molecule has 0 fully saturated rings.